The predicted molar refractivity (Wildman–Crippen MR) is 70.9 cm³/mol. The molecule has 96 valence electrons. The number of ether oxygens (including phenoxy) is 2. The highest BCUT2D eigenvalue weighted by molar-refractivity contribution is 6.30. The number of rotatable bonds is 6. The average Bonchev–Trinajstić information content (AvgIpc) is 2.31. The molecule has 1 aromatic carbocycles. The zero-order valence-corrected chi connectivity index (χ0v) is 11.5. The Morgan fingerprint density at radius 1 is 1.41 bits per heavy atom. The first-order valence-corrected chi connectivity index (χ1v) is 6.14. The quantitative estimate of drug-likeness (QED) is 0.850. The summed E-state index contributed by atoms with van der Waals surface area (Å²) in [6.07, 6.45) is 0.0531. The first-order chi connectivity index (χ1) is 8.13. The van der Waals surface area contributed by atoms with E-state index in [0.29, 0.717) is 11.6 Å². The lowest BCUT2D eigenvalue weighted by atomic mass is 10.0. The van der Waals surface area contributed by atoms with E-state index in [1.165, 1.54) is 0 Å². The van der Waals surface area contributed by atoms with Crippen molar-refractivity contribution in [3.05, 3.63) is 28.8 Å². The number of halogens is 1. The van der Waals surface area contributed by atoms with Crippen LogP contribution in [0.25, 0.3) is 0 Å². The molecule has 2 atom stereocenters. The minimum Gasteiger partial charge on any atom is -0.496 e. The molecule has 0 saturated carbocycles. The second-order valence-corrected chi connectivity index (χ2v) is 4.25. The van der Waals surface area contributed by atoms with Gasteiger partial charge >= 0.3 is 0 Å². The maximum atomic E-state index is 6.03. The molecule has 17 heavy (non-hydrogen) atoms. The van der Waals surface area contributed by atoms with Gasteiger partial charge in [-0.25, -0.2) is 0 Å². The fourth-order valence-corrected chi connectivity index (χ4v) is 2.13. The van der Waals surface area contributed by atoms with Crippen molar-refractivity contribution in [2.24, 2.45) is 0 Å². The van der Waals surface area contributed by atoms with Crippen LogP contribution >= 0.6 is 11.6 Å². The van der Waals surface area contributed by atoms with Crippen LogP contribution in [0.4, 0.5) is 0 Å². The number of nitrogens with one attached hydrogen (secondary N) is 1. The Kier molecular flexibility index (Phi) is 5.75. The van der Waals surface area contributed by atoms with E-state index < -0.39 is 0 Å². The molecule has 0 heterocycles. The second-order valence-electron chi connectivity index (χ2n) is 3.81. The number of likely N-dealkylation sites (N-methyl/N-ethyl adjacent to an activating group) is 1. The molecule has 2 unspecified atom stereocenters. The molecule has 1 aromatic rings. The highest BCUT2D eigenvalue weighted by Gasteiger charge is 2.21. The van der Waals surface area contributed by atoms with Crippen molar-refractivity contribution in [1.82, 2.24) is 5.32 Å². The fourth-order valence-electron chi connectivity index (χ4n) is 1.95. The third kappa shape index (κ3) is 3.60. The van der Waals surface area contributed by atoms with Crippen LogP contribution in [0.1, 0.15) is 25.5 Å². The van der Waals surface area contributed by atoms with Crippen molar-refractivity contribution in [1.29, 1.82) is 0 Å². The van der Waals surface area contributed by atoms with Crippen molar-refractivity contribution >= 4 is 11.6 Å². The van der Waals surface area contributed by atoms with Crippen LogP contribution < -0.4 is 10.1 Å². The molecule has 0 saturated heterocycles. The van der Waals surface area contributed by atoms with Crippen molar-refractivity contribution in [3.63, 3.8) is 0 Å². The molecule has 0 spiro atoms. The van der Waals surface area contributed by atoms with Gasteiger partial charge in [0.2, 0.25) is 0 Å². The Labute approximate surface area is 108 Å². The molecule has 0 radical (unpaired) electrons. The first kappa shape index (κ1) is 14.3. The fraction of sp³-hybridized carbons (Fsp3) is 0.538. The summed E-state index contributed by atoms with van der Waals surface area (Å²) >= 11 is 6.03. The molecule has 0 aromatic heterocycles. The van der Waals surface area contributed by atoms with Gasteiger partial charge in [0.15, 0.2) is 0 Å². The molecule has 0 amide bonds. The van der Waals surface area contributed by atoms with Crippen LogP contribution in [-0.4, -0.2) is 26.9 Å². The van der Waals surface area contributed by atoms with Gasteiger partial charge in [0.05, 0.1) is 19.3 Å². The van der Waals surface area contributed by atoms with Gasteiger partial charge < -0.3 is 14.8 Å². The minimum absolute atomic E-state index is 0.0531. The van der Waals surface area contributed by atoms with Crippen molar-refractivity contribution in [3.8, 4) is 5.75 Å². The summed E-state index contributed by atoms with van der Waals surface area (Å²) in [5.41, 5.74) is 1.02. The van der Waals surface area contributed by atoms with Gasteiger partial charge in [0.25, 0.3) is 0 Å². The number of benzene rings is 1. The second kappa shape index (κ2) is 6.84. The van der Waals surface area contributed by atoms with Crippen molar-refractivity contribution < 1.29 is 9.47 Å². The third-order valence-electron chi connectivity index (χ3n) is 2.74. The molecule has 0 aliphatic rings. The molecule has 0 bridgehead atoms. The summed E-state index contributed by atoms with van der Waals surface area (Å²) < 4.78 is 11.0. The van der Waals surface area contributed by atoms with Gasteiger partial charge in [-0.2, -0.15) is 0 Å². The van der Waals surface area contributed by atoms with Crippen LogP contribution in [-0.2, 0) is 4.74 Å². The first-order valence-electron chi connectivity index (χ1n) is 5.76. The van der Waals surface area contributed by atoms with Gasteiger partial charge in [-0.15, -0.1) is 0 Å². The monoisotopic (exact) mass is 257 g/mol. The topological polar surface area (TPSA) is 30.5 Å². The lowest BCUT2D eigenvalue weighted by molar-refractivity contribution is 0.0487. The SMILES string of the molecule is CCOC(C)C(NC)c1cc(Cl)ccc1OC. The van der Waals surface area contributed by atoms with E-state index in [4.69, 9.17) is 21.1 Å². The van der Waals surface area contributed by atoms with Gasteiger partial charge in [0, 0.05) is 17.2 Å². The molecule has 1 rings (SSSR count). The minimum atomic E-state index is 0.0531. The standard InChI is InChI=1S/C13H20ClNO2/c1-5-17-9(2)13(15-3)11-8-10(14)6-7-12(11)16-4/h6-9,13,15H,5H2,1-4H3. The van der Waals surface area contributed by atoms with Gasteiger partial charge in [-0.1, -0.05) is 11.6 Å². The van der Waals surface area contributed by atoms with Gasteiger partial charge in [-0.05, 0) is 39.1 Å². The Balaban J connectivity index is 3.05. The van der Waals surface area contributed by atoms with E-state index in [1.54, 1.807) is 7.11 Å². The number of methoxy groups -OCH3 is 1. The smallest absolute Gasteiger partial charge is 0.123 e. The summed E-state index contributed by atoms with van der Waals surface area (Å²) in [7, 11) is 3.56. The molecule has 0 fully saturated rings. The lowest BCUT2D eigenvalue weighted by Crippen LogP contribution is -2.29. The van der Waals surface area contributed by atoms with E-state index in [-0.39, 0.29) is 12.1 Å². The zero-order valence-electron chi connectivity index (χ0n) is 10.8. The van der Waals surface area contributed by atoms with Crippen LogP contribution in [0.5, 0.6) is 5.75 Å². The van der Waals surface area contributed by atoms with E-state index in [2.05, 4.69) is 5.32 Å². The van der Waals surface area contributed by atoms with Crippen LogP contribution in [0.3, 0.4) is 0 Å². The molecular weight excluding hydrogens is 238 g/mol. The van der Waals surface area contributed by atoms with E-state index in [9.17, 15) is 0 Å². The Morgan fingerprint density at radius 3 is 2.65 bits per heavy atom. The number of hydrogen-bond acceptors (Lipinski definition) is 3. The van der Waals surface area contributed by atoms with E-state index in [1.807, 2.05) is 39.1 Å². The van der Waals surface area contributed by atoms with Crippen molar-refractivity contribution in [2.45, 2.75) is 26.0 Å². The lowest BCUT2D eigenvalue weighted by Gasteiger charge is -2.25. The predicted octanol–water partition coefficient (Wildman–Crippen LogP) is 3.03. The van der Waals surface area contributed by atoms with Gasteiger partial charge in [0.1, 0.15) is 5.75 Å². The summed E-state index contributed by atoms with van der Waals surface area (Å²) in [5.74, 6) is 0.820. The van der Waals surface area contributed by atoms with Crippen LogP contribution in [0.15, 0.2) is 18.2 Å². The molecule has 1 N–H and O–H groups in total. The normalized spacial score (nSPS) is 14.4. The Hall–Kier alpha value is -0.770. The maximum absolute atomic E-state index is 6.03. The highest BCUT2D eigenvalue weighted by Crippen LogP contribution is 2.30. The van der Waals surface area contributed by atoms with Crippen LogP contribution in [0, 0.1) is 0 Å². The average molecular weight is 258 g/mol. The largest absolute Gasteiger partial charge is 0.496 e. The van der Waals surface area contributed by atoms with Crippen LogP contribution in [0.2, 0.25) is 5.02 Å². The highest BCUT2D eigenvalue weighted by atomic mass is 35.5. The molecular formula is C13H20ClNO2. The molecule has 0 aliphatic heterocycles. The summed E-state index contributed by atoms with van der Waals surface area (Å²) in [6.45, 7) is 4.70. The van der Waals surface area contributed by atoms with Gasteiger partial charge in [-0.3, -0.25) is 0 Å². The van der Waals surface area contributed by atoms with E-state index in [0.717, 1.165) is 11.3 Å². The number of hydrogen-bond donors (Lipinski definition) is 1. The molecule has 4 heteroatoms. The maximum Gasteiger partial charge on any atom is 0.123 e. The Morgan fingerprint density at radius 2 is 2.12 bits per heavy atom. The summed E-state index contributed by atoms with van der Waals surface area (Å²) in [6, 6.07) is 5.67. The zero-order chi connectivity index (χ0) is 12.8. The summed E-state index contributed by atoms with van der Waals surface area (Å²) in [5, 5.41) is 3.94. The Bertz CT molecular complexity index is 357. The third-order valence-corrected chi connectivity index (χ3v) is 2.97. The summed E-state index contributed by atoms with van der Waals surface area (Å²) in [4.78, 5) is 0. The molecule has 0 aliphatic carbocycles. The van der Waals surface area contributed by atoms with Crippen molar-refractivity contribution in [2.75, 3.05) is 20.8 Å². The molecule has 3 nitrogen and oxygen atoms in total. The van der Waals surface area contributed by atoms with E-state index >= 15 is 0 Å².